The Labute approximate surface area is 144 Å². The lowest BCUT2D eigenvalue weighted by molar-refractivity contribution is 0.0880. The minimum atomic E-state index is -0.492. The number of aromatic nitrogens is 1. The van der Waals surface area contributed by atoms with E-state index in [0.717, 1.165) is 10.9 Å². The van der Waals surface area contributed by atoms with Crippen LogP contribution < -0.4 is 5.32 Å². The van der Waals surface area contributed by atoms with Gasteiger partial charge in [0.25, 0.3) is 11.8 Å². The lowest BCUT2D eigenvalue weighted by Crippen LogP contribution is -2.20. The number of carbonyl (C=O) groups excluding carboxylic acids is 2. The van der Waals surface area contributed by atoms with Crippen molar-refractivity contribution in [2.75, 3.05) is 0 Å². The molecule has 6 heteroatoms. The lowest BCUT2D eigenvalue weighted by Gasteiger charge is -2.01. The summed E-state index contributed by atoms with van der Waals surface area (Å²) in [6.07, 6.45) is 0. The van der Waals surface area contributed by atoms with Gasteiger partial charge >= 0.3 is 0 Å². The SMILES string of the molecule is O=C1NC(=O)c2c1c1c3ccccc3[nH]c1c1oc3ccc(F)cc3c21. The third kappa shape index (κ3) is 1.45. The molecule has 0 aliphatic carbocycles. The number of halogens is 1. The maximum absolute atomic E-state index is 13.8. The number of fused-ring (bicyclic) bond motifs is 10. The molecule has 6 rings (SSSR count). The second kappa shape index (κ2) is 4.29. The summed E-state index contributed by atoms with van der Waals surface area (Å²) in [7, 11) is 0. The fourth-order valence-electron chi connectivity index (χ4n) is 4.00. The molecule has 5 nitrogen and oxygen atoms in total. The smallest absolute Gasteiger partial charge is 0.259 e. The second-order valence-corrected chi connectivity index (χ2v) is 6.40. The van der Waals surface area contributed by atoms with Crippen LogP contribution in [0.2, 0.25) is 0 Å². The molecule has 3 aromatic carbocycles. The molecule has 1 aliphatic rings. The zero-order valence-electron chi connectivity index (χ0n) is 13.1. The van der Waals surface area contributed by atoms with Crippen LogP contribution in [0.5, 0.6) is 0 Å². The molecule has 0 fully saturated rings. The molecule has 0 saturated carbocycles. The number of imide groups is 1. The first-order valence-electron chi connectivity index (χ1n) is 8.07. The second-order valence-electron chi connectivity index (χ2n) is 6.40. The van der Waals surface area contributed by atoms with E-state index in [-0.39, 0.29) is 5.56 Å². The van der Waals surface area contributed by atoms with Crippen molar-refractivity contribution in [1.29, 1.82) is 0 Å². The van der Waals surface area contributed by atoms with Gasteiger partial charge in [0.05, 0.1) is 16.6 Å². The third-order valence-electron chi connectivity index (χ3n) is 5.01. The summed E-state index contributed by atoms with van der Waals surface area (Å²) in [5.41, 5.74) is 2.91. The zero-order valence-corrected chi connectivity index (χ0v) is 13.1. The average Bonchev–Trinajstić information content (AvgIpc) is 3.26. The van der Waals surface area contributed by atoms with Crippen LogP contribution in [-0.2, 0) is 0 Å². The van der Waals surface area contributed by atoms with Crippen LogP contribution in [0, 0.1) is 5.82 Å². The molecule has 2 N–H and O–H groups in total. The molecule has 0 spiro atoms. The maximum Gasteiger partial charge on any atom is 0.259 e. The third-order valence-corrected chi connectivity index (χ3v) is 5.01. The van der Waals surface area contributed by atoms with Gasteiger partial charge in [-0.15, -0.1) is 0 Å². The highest BCUT2D eigenvalue weighted by molar-refractivity contribution is 6.38. The predicted octanol–water partition coefficient (Wildman–Crippen LogP) is 4.24. The number of benzene rings is 3. The first-order valence-corrected chi connectivity index (χ1v) is 8.07. The van der Waals surface area contributed by atoms with Crippen LogP contribution in [0.15, 0.2) is 46.9 Å². The molecular formula is C20H9FN2O3. The van der Waals surface area contributed by atoms with Crippen molar-refractivity contribution in [2.45, 2.75) is 0 Å². The van der Waals surface area contributed by atoms with Gasteiger partial charge in [-0.2, -0.15) is 0 Å². The first kappa shape index (κ1) is 13.6. The Morgan fingerprint density at radius 2 is 1.65 bits per heavy atom. The van der Waals surface area contributed by atoms with Crippen molar-refractivity contribution in [1.82, 2.24) is 10.3 Å². The normalized spacial score (nSPS) is 14.0. The van der Waals surface area contributed by atoms with Crippen LogP contribution >= 0.6 is 0 Å². The van der Waals surface area contributed by atoms with Crippen LogP contribution in [0.1, 0.15) is 20.7 Å². The van der Waals surface area contributed by atoms with Crippen molar-refractivity contribution >= 4 is 55.6 Å². The summed E-state index contributed by atoms with van der Waals surface area (Å²) in [4.78, 5) is 28.4. The molecule has 1 aliphatic heterocycles. The summed E-state index contributed by atoms with van der Waals surface area (Å²) in [6.45, 7) is 0. The number of amides is 2. The topological polar surface area (TPSA) is 75.1 Å². The van der Waals surface area contributed by atoms with Gasteiger partial charge in [-0.25, -0.2) is 4.39 Å². The van der Waals surface area contributed by atoms with E-state index in [0.29, 0.717) is 38.4 Å². The van der Waals surface area contributed by atoms with Gasteiger partial charge in [0.1, 0.15) is 11.4 Å². The maximum atomic E-state index is 13.8. The molecule has 2 aromatic heterocycles. The summed E-state index contributed by atoms with van der Waals surface area (Å²) >= 11 is 0. The van der Waals surface area contributed by atoms with Crippen LogP contribution in [0.25, 0.3) is 43.7 Å². The Kier molecular flexibility index (Phi) is 2.24. The number of rotatable bonds is 0. The minimum Gasteiger partial charge on any atom is -0.454 e. The van der Waals surface area contributed by atoms with E-state index in [1.54, 1.807) is 0 Å². The Morgan fingerprint density at radius 3 is 2.50 bits per heavy atom. The van der Waals surface area contributed by atoms with E-state index in [4.69, 9.17) is 4.42 Å². The average molecular weight is 344 g/mol. The predicted molar refractivity (Wildman–Crippen MR) is 94.8 cm³/mol. The van der Waals surface area contributed by atoms with Gasteiger partial charge in [-0.05, 0) is 24.3 Å². The minimum absolute atomic E-state index is 0.242. The fourth-order valence-corrected chi connectivity index (χ4v) is 4.00. The summed E-state index contributed by atoms with van der Waals surface area (Å²) < 4.78 is 19.8. The lowest BCUT2D eigenvalue weighted by atomic mass is 9.97. The summed E-state index contributed by atoms with van der Waals surface area (Å²) in [6, 6.07) is 11.7. The van der Waals surface area contributed by atoms with Crippen molar-refractivity contribution in [3.05, 3.63) is 59.4 Å². The number of hydrogen-bond acceptors (Lipinski definition) is 3. The first-order chi connectivity index (χ1) is 12.6. The number of H-pyrrole nitrogens is 1. The standard InChI is InChI=1S/C20H9FN2O3/c21-8-5-6-12-10(7-8)14-16-15(19(24)23-20(16)25)13-9-3-1-2-4-11(9)22-17(13)18(14)26-12/h1-7,22H,(H,23,24,25). The van der Waals surface area contributed by atoms with Gasteiger partial charge < -0.3 is 9.40 Å². The summed E-state index contributed by atoms with van der Waals surface area (Å²) in [5, 5.41) is 4.77. The highest BCUT2D eigenvalue weighted by atomic mass is 19.1. The highest BCUT2D eigenvalue weighted by Crippen LogP contribution is 2.43. The number of para-hydroxylation sites is 1. The Hall–Kier alpha value is -3.67. The largest absolute Gasteiger partial charge is 0.454 e. The van der Waals surface area contributed by atoms with Crippen molar-refractivity contribution in [2.24, 2.45) is 0 Å². The molecule has 0 unspecified atom stereocenters. The van der Waals surface area contributed by atoms with E-state index < -0.39 is 17.6 Å². The van der Waals surface area contributed by atoms with Crippen molar-refractivity contribution in [3.63, 3.8) is 0 Å². The van der Waals surface area contributed by atoms with Crippen molar-refractivity contribution < 1.29 is 18.4 Å². The highest BCUT2D eigenvalue weighted by Gasteiger charge is 2.35. The number of carbonyl (C=O) groups is 2. The molecule has 124 valence electrons. The number of nitrogens with one attached hydrogen (secondary N) is 2. The van der Waals surface area contributed by atoms with E-state index in [2.05, 4.69) is 10.3 Å². The quantitative estimate of drug-likeness (QED) is 0.413. The number of aromatic amines is 1. The number of furan rings is 1. The molecule has 2 amide bonds. The van der Waals surface area contributed by atoms with Crippen LogP contribution in [-0.4, -0.2) is 16.8 Å². The monoisotopic (exact) mass is 344 g/mol. The van der Waals surface area contributed by atoms with Crippen LogP contribution in [0.3, 0.4) is 0 Å². The van der Waals surface area contributed by atoms with Gasteiger partial charge in [0.15, 0.2) is 5.58 Å². The molecular weight excluding hydrogens is 335 g/mol. The Balaban J connectivity index is 2.01. The number of hydrogen-bond donors (Lipinski definition) is 2. The van der Waals surface area contributed by atoms with Gasteiger partial charge in [-0.1, -0.05) is 18.2 Å². The molecule has 0 atom stereocenters. The van der Waals surface area contributed by atoms with E-state index >= 15 is 0 Å². The zero-order chi connectivity index (χ0) is 17.6. The molecule has 3 heterocycles. The molecule has 26 heavy (non-hydrogen) atoms. The van der Waals surface area contributed by atoms with Gasteiger partial charge in [-0.3, -0.25) is 14.9 Å². The van der Waals surface area contributed by atoms with Gasteiger partial charge in [0.2, 0.25) is 0 Å². The van der Waals surface area contributed by atoms with E-state index in [1.807, 2.05) is 24.3 Å². The Bertz CT molecular complexity index is 1460. The van der Waals surface area contributed by atoms with Crippen molar-refractivity contribution in [3.8, 4) is 0 Å². The molecule has 5 aromatic rings. The molecule has 0 bridgehead atoms. The van der Waals surface area contributed by atoms with Gasteiger partial charge in [0, 0.05) is 27.1 Å². The Morgan fingerprint density at radius 1 is 0.885 bits per heavy atom. The molecule has 0 saturated heterocycles. The van der Waals surface area contributed by atoms with E-state index in [9.17, 15) is 14.0 Å². The fraction of sp³-hybridized carbons (Fsp3) is 0. The molecule has 0 radical (unpaired) electrons. The van der Waals surface area contributed by atoms with E-state index in [1.165, 1.54) is 18.2 Å². The van der Waals surface area contributed by atoms with Crippen LogP contribution in [0.4, 0.5) is 4.39 Å². The summed E-state index contributed by atoms with van der Waals surface area (Å²) in [5.74, 6) is -1.38.